The van der Waals surface area contributed by atoms with Gasteiger partial charge in [0.2, 0.25) is 11.7 Å². The fourth-order valence-electron chi connectivity index (χ4n) is 6.77. The molecule has 4 rings (SSSR count). The van der Waals surface area contributed by atoms with Crippen LogP contribution in [0.15, 0.2) is 55.6 Å². The zero-order valence-corrected chi connectivity index (χ0v) is 26.3. The summed E-state index contributed by atoms with van der Waals surface area (Å²) in [4.78, 5) is 69.0. The van der Waals surface area contributed by atoms with Crippen LogP contribution in [-0.4, -0.2) is 83.8 Å². The van der Waals surface area contributed by atoms with Gasteiger partial charge in [-0.15, -0.1) is 13.2 Å². The first-order valence-electron chi connectivity index (χ1n) is 16.0. The van der Waals surface area contributed by atoms with Gasteiger partial charge < -0.3 is 24.0 Å². The van der Waals surface area contributed by atoms with Gasteiger partial charge in [-0.1, -0.05) is 62.8 Å². The number of hydrogen-bond acceptors (Lipinski definition) is 8. The van der Waals surface area contributed by atoms with E-state index in [1.807, 2.05) is 30.3 Å². The quantitative estimate of drug-likeness (QED) is 0.144. The Kier molecular flexibility index (Phi) is 13.7. The van der Waals surface area contributed by atoms with E-state index in [1.54, 1.807) is 17.1 Å². The zero-order chi connectivity index (χ0) is 32.4. The van der Waals surface area contributed by atoms with E-state index in [0.717, 1.165) is 24.8 Å². The predicted octanol–water partition coefficient (Wildman–Crippen LogP) is 4.80. The lowest BCUT2D eigenvalue weighted by Crippen LogP contribution is -2.67. The van der Waals surface area contributed by atoms with Gasteiger partial charge in [0.1, 0.15) is 25.4 Å². The number of piperidine rings is 1. The number of carbonyl (C=O) groups excluding carboxylic acids is 5. The fourth-order valence-corrected chi connectivity index (χ4v) is 6.77. The van der Waals surface area contributed by atoms with Crippen LogP contribution in [0.1, 0.15) is 77.7 Å². The molecule has 252 valence electrons. The second kappa shape index (κ2) is 17.2. The van der Waals surface area contributed by atoms with Crippen LogP contribution in [0.3, 0.4) is 0 Å². The number of fused-ring (bicyclic) bond motifs is 2. The molecule has 2 bridgehead atoms. The van der Waals surface area contributed by atoms with Crippen LogP contribution >= 0.6 is 0 Å². The average Bonchev–Trinajstić information content (AvgIpc) is 3.53. The summed E-state index contributed by atoms with van der Waals surface area (Å²) in [6, 6.07) is 8.51. The Morgan fingerprint density at radius 3 is 2.30 bits per heavy atom. The van der Waals surface area contributed by atoms with E-state index in [2.05, 4.69) is 13.2 Å². The third-order valence-electron chi connectivity index (χ3n) is 9.19. The van der Waals surface area contributed by atoms with Crippen LogP contribution in [0.25, 0.3) is 0 Å². The highest BCUT2D eigenvalue weighted by Crippen LogP contribution is 2.41. The number of allylic oxidation sites excluding steroid dienone is 2. The molecule has 1 saturated carbocycles. The van der Waals surface area contributed by atoms with Gasteiger partial charge in [-0.3, -0.25) is 24.0 Å². The van der Waals surface area contributed by atoms with E-state index in [9.17, 15) is 24.0 Å². The maximum absolute atomic E-state index is 13.9. The molecule has 2 saturated heterocycles. The number of esters is 2. The van der Waals surface area contributed by atoms with Crippen LogP contribution in [0.5, 0.6) is 0 Å². The number of benzene rings is 1. The van der Waals surface area contributed by atoms with Crippen LogP contribution in [0.2, 0.25) is 0 Å². The molecule has 0 aromatic heterocycles. The van der Waals surface area contributed by atoms with Crippen molar-refractivity contribution in [3.8, 4) is 0 Å². The number of rotatable bonds is 16. The van der Waals surface area contributed by atoms with Crippen LogP contribution in [-0.2, 0) is 44.8 Å². The predicted molar refractivity (Wildman–Crippen MR) is 173 cm³/mol. The standard InChI is InChI=1S/C35H46N2O8.CH4/c1-4-12-27(13-5-2)34(42)44-23-29(43-22-26-14-7-6-8-15-26)21-36-20-28-16-11-17-30(32(36)40)37(28)33(41)31(39)35(18-9-10-19-35)24-45-25(3)38;/h4-8,14-15,27-30H,1-2,9-13,16-24H2,3H3;1H4/t28?,29-,30?;/m0./s1. The summed E-state index contributed by atoms with van der Waals surface area (Å²) in [5.41, 5.74) is -0.0938. The SMILES string of the molecule is C.C=CCC(CC=C)C(=O)OC[C@H](CN1CC2CCCC(C1=O)N2C(=O)C(=O)C1(COC(C)=O)CCCC1)OCc1ccccc1. The highest BCUT2D eigenvalue weighted by molar-refractivity contribution is 6.38. The summed E-state index contributed by atoms with van der Waals surface area (Å²) in [6.07, 6.45) is 8.04. The van der Waals surface area contributed by atoms with Gasteiger partial charge in [0.25, 0.3) is 5.91 Å². The Hall–Kier alpha value is -3.79. The first kappa shape index (κ1) is 36.7. The zero-order valence-electron chi connectivity index (χ0n) is 26.3. The Morgan fingerprint density at radius 1 is 1.00 bits per heavy atom. The van der Waals surface area contributed by atoms with Gasteiger partial charge in [-0.05, 0) is 50.5 Å². The van der Waals surface area contributed by atoms with Crippen LogP contribution in [0, 0.1) is 11.3 Å². The summed E-state index contributed by atoms with van der Waals surface area (Å²) in [5, 5.41) is 0. The Bertz CT molecular complexity index is 1230. The number of likely N-dealkylation sites (tertiary alicyclic amines) is 1. The van der Waals surface area contributed by atoms with Crippen molar-refractivity contribution in [2.24, 2.45) is 11.3 Å². The van der Waals surface area contributed by atoms with Crippen molar-refractivity contribution in [3.05, 3.63) is 61.2 Å². The fraction of sp³-hybridized carbons (Fsp3) is 0.583. The second-order valence-corrected chi connectivity index (χ2v) is 12.4. The van der Waals surface area contributed by atoms with Gasteiger partial charge in [0.15, 0.2) is 0 Å². The third kappa shape index (κ3) is 8.93. The minimum atomic E-state index is -1.04. The number of amides is 2. The lowest BCUT2D eigenvalue weighted by molar-refractivity contribution is -0.169. The number of ketones is 1. The Labute approximate surface area is 273 Å². The minimum absolute atomic E-state index is 0. The molecule has 10 heteroatoms. The van der Waals surface area contributed by atoms with E-state index < -0.39 is 41.1 Å². The lowest BCUT2D eigenvalue weighted by atomic mass is 9.80. The summed E-state index contributed by atoms with van der Waals surface area (Å²) in [7, 11) is 0. The largest absolute Gasteiger partial charge is 0.465 e. The van der Waals surface area contributed by atoms with Crippen LogP contribution in [0.4, 0.5) is 0 Å². The molecule has 46 heavy (non-hydrogen) atoms. The molecular formula is C36H50N2O8. The lowest BCUT2D eigenvalue weighted by Gasteiger charge is -2.50. The van der Waals surface area contributed by atoms with E-state index in [0.29, 0.717) is 38.5 Å². The molecule has 2 unspecified atom stereocenters. The summed E-state index contributed by atoms with van der Waals surface area (Å²) in [5.74, 6) is -2.74. The van der Waals surface area contributed by atoms with Crippen molar-refractivity contribution in [1.82, 2.24) is 9.80 Å². The third-order valence-corrected chi connectivity index (χ3v) is 9.19. The van der Waals surface area contributed by atoms with Gasteiger partial charge in [-0.25, -0.2) is 0 Å². The molecule has 1 aliphatic carbocycles. The highest BCUT2D eigenvalue weighted by Gasteiger charge is 2.52. The number of nitrogens with zero attached hydrogens (tertiary/aromatic N) is 2. The molecular weight excluding hydrogens is 588 g/mol. The molecule has 2 amide bonds. The monoisotopic (exact) mass is 638 g/mol. The molecule has 0 spiro atoms. The molecule has 3 atom stereocenters. The molecule has 1 aromatic carbocycles. The maximum Gasteiger partial charge on any atom is 0.309 e. The topological polar surface area (TPSA) is 120 Å². The number of Topliss-reactive ketones (excluding diaryl/α,β-unsaturated/α-hetero) is 1. The van der Waals surface area contributed by atoms with Crippen molar-refractivity contribution in [2.45, 2.75) is 96.9 Å². The van der Waals surface area contributed by atoms with Crippen molar-refractivity contribution < 1.29 is 38.2 Å². The second-order valence-electron chi connectivity index (χ2n) is 12.4. The number of hydrogen-bond donors (Lipinski definition) is 0. The number of ether oxygens (including phenoxy) is 3. The Balaban J connectivity index is 0.00000576. The normalized spacial score (nSPS) is 20.8. The highest BCUT2D eigenvalue weighted by atomic mass is 16.6. The van der Waals surface area contributed by atoms with Crippen molar-refractivity contribution in [2.75, 3.05) is 26.3 Å². The molecule has 3 fully saturated rings. The Morgan fingerprint density at radius 2 is 1.67 bits per heavy atom. The maximum atomic E-state index is 13.9. The smallest absolute Gasteiger partial charge is 0.309 e. The van der Waals surface area contributed by atoms with E-state index in [4.69, 9.17) is 14.2 Å². The van der Waals surface area contributed by atoms with Crippen molar-refractivity contribution >= 4 is 29.5 Å². The summed E-state index contributed by atoms with van der Waals surface area (Å²) >= 11 is 0. The summed E-state index contributed by atoms with van der Waals surface area (Å²) in [6.45, 7) is 9.27. The molecule has 10 nitrogen and oxygen atoms in total. The molecule has 2 heterocycles. The average molecular weight is 639 g/mol. The number of piperazine rings is 1. The van der Waals surface area contributed by atoms with E-state index in [-0.39, 0.29) is 58.3 Å². The minimum Gasteiger partial charge on any atom is -0.465 e. The van der Waals surface area contributed by atoms with Gasteiger partial charge >= 0.3 is 11.9 Å². The number of carbonyl (C=O) groups is 5. The molecule has 0 N–H and O–H groups in total. The molecule has 1 aromatic rings. The van der Waals surface area contributed by atoms with Gasteiger partial charge in [0.05, 0.1) is 30.5 Å². The van der Waals surface area contributed by atoms with Crippen LogP contribution < -0.4 is 0 Å². The van der Waals surface area contributed by atoms with Crippen molar-refractivity contribution in [1.29, 1.82) is 0 Å². The first-order valence-corrected chi connectivity index (χ1v) is 16.0. The first-order chi connectivity index (χ1) is 21.7. The molecule has 2 aliphatic heterocycles. The van der Waals surface area contributed by atoms with Gasteiger partial charge in [-0.2, -0.15) is 0 Å². The molecule has 3 aliphatic rings. The molecule has 0 radical (unpaired) electrons. The summed E-state index contributed by atoms with van der Waals surface area (Å²) < 4.78 is 17.1. The van der Waals surface area contributed by atoms with E-state index >= 15 is 0 Å². The van der Waals surface area contributed by atoms with Gasteiger partial charge in [0, 0.05) is 13.5 Å². The van der Waals surface area contributed by atoms with E-state index in [1.165, 1.54) is 11.8 Å². The van der Waals surface area contributed by atoms with Crippen molar-refractivity contribution in [3.63, 3.8) is 0 Å².